The van der Waals surface area contributed by atoms with Crippen LogP contribution in [0.15, 0.2) is 24.3 Å². The summed E-state index contributed by atoms with van der Waals surface area (Å²) in [6.07, 6.45) is 2.72. The number of hydrogen-bond acceptors (Lipinski definition) is 4. The van der Waals surface area contributed by atoms with Crippen molar-refractivity contribution in [3.05, 3.63) is 39.9 Å². The first-order valence-electron chi connectivity index (χ1n) is 5.22. The second-order valence-corrected chi connectivity index (χ2v) is 6.32. The Morgan fingerprint density at radius 2 is 2.05 bits per heavy atom. The predicted molar refractivity (Wildman–Crippen MR) is 77.4 cm³/mol. The van der Waals surface area contributed by atoms with E-state index in [-0.39, 0.29) is 6.54 Å². The highest BCUT2D eigenvalue weighted by Gasteiger charge is 2.05. The molecule has 0 fully saturated rings. The van der Waals surface area contributed by atoms with E-state index >= 15 is 0 Å². The van der Waals surface area contributed by atoms with E-state index in [2.05, 4.69) is 10.2 Å². The standard InChI is InChI=1S/C11H14Cl2N2O3S/c1-18-15-11(5-6-14-19(2,16)17)8-3-4-9(12)10(13)7-8/h3-5,7,14-15H,6H2,1-2H3/b11-5-. The Balaban J connectivity index is 2.92. The third-order valence-corrected chi connectivity index (χ3v) is 3.52. The Morgan fingerprint density at radius 1 is 1.37 bits per heavy atom. The molecule has 106 valence electrons. The normalized spacial score (nSPS) is 12.5. The van der Waals surface area contributed by atoms with E-state index in [1.165, 1.54) is 7.11 Å². The van der Waals surface area contributed by atoms with Crippen molar-refractivity contribution in [3.63, 3.8) is 0 Å². The lowest BCUT2D eigenvalue weighted by Crippen LogP contribution is -2.23. The van der Waals surface area contributed by atoms with Gasteiger partial charge in [-0.25, -0.2) is 13.1 Å². The smallest absolute Gasteiger partial charge is 0.208 e. The van der Waals surface area contributed by atoms with Gasteiger partial charge in [-0.05, 0) is 18.2 Å². The Bertz CT molecular complexity index is 573. The average molecular weight is 325 g/mol. The molecule has 0 bridgehead atoms. The number of nitrogens with one attached hydrogen (secondary N) is 2. The maximum absolute atomic E-state index is 11.0. The van der Waals surface area contributed by atoms with Crippen molar-refractivity contribution < 1.29 is 13.3 Å². The zero-order valence-corrected chi connectivity index (χ0v) is 12.7. The lowest BCUT2D eigenvalue weighted by atomic mass is 10.1. The Labute approximate surface area is 122 Å². The molecule has 8 heteroatoms. The first kappa shape index (κ1) is 16.3. The first-order chi connectivity index (χ1) is 8.83. The van der Waals surface area contributed by atoms with Crippen molar-refractivity contribution in [1.29, 1.82) is 0 Å². The summed E-state index contributed by atoms with van der Waals surface area (Å²) in [4.78, 5) is 4.84. The van der Waals surface area contributed by atoms with E-state index in [0.717, 1.165) is 11.8 Å². The van der Waals surface area contributed by atoms with Crippen LogP contribution in [-0.4, -0.2) is 28.3 Å². The molecule has 0 atom stereocenters. The maximum atomic E-state index is 11.0. The maximum Gasteiger partial charge on any atom is 0.208 e. The fourth-order valence-electron chi connectivity index (χ4n) is 1.29. The van der Waals surface area contributed by atoms with Gasteiger partial charge in [0.05, 0.1) is 29.1 Å². The third kappa shape index (κ3) is 5.80. The van der Waals surface area contributed by atoms with Gasteiger partial charge in [-0.2, -0.15) is 0 Å². The number of hydrogen-bond donors (Lipinski definition) is 2. The van der Waals surface area contributed by atoms with Crippen LogP contribution in [0.3, 0.4) is 0 Å². The van der Waals surface area contributed by atoms with Crippen molar-refractivity contribution in [1.82, 2.24) is 10.2 Å². The van der Waals surface area contributed by atoms with E-state index in [4.69, 9.17) is 28.0 Å². The van der Waals surface area contributed by atoms with Crippen LogP contribution in [-0.2, 0) is 14.9 Å². The Morgan fingerprint density at radius 3 is 2.58 bits per heavy atom. The molecule has 0 saturated carbocycles. The first-order valence-corrected chi connectivity index (χ1v) is 7.87. The van der Waals surface area contributed by atoms with Crippen LogP contribution < -0.4 is 10.2 Å². The van der Waals surface area contributed by atoms with E-state index in [0.29, 0.717) is 15.7 Å². The monoisotopic (exact) mass is 324 g/mol. The van der Waals surface area contributed by atoms with Gasteiger partial charge in [0.2, 0.25) is 10.0 Å². The van der Waals surface area contributed by atoms with Gasteiger partial charge in [0.25, 0.3) is 0 Å². The molecule has 1 aromatic carbocycles. The molecule has 0 radical (unpaired) electrons. The summed E-state index contributed by atoms with van der Waals surface area (Å²) in [5.41, 5.74) is 3.97. The van der Waals surface area contributed by atoms with Crippen molar-refractivity contribution in [2.75, 3.05) is 19.9 Å². The van der Waals surface area contributed by atoms with Crippen molar-refractivity contribution >= 4 is 38.9 Å². The molecule has 0 amide bonds. The summed E-state index contributed by atoms with van der Waals surface area (Å²) in [5.74, 6) is 0. The molecule has 5 nitrogen and oxygen atoms in total. The summed E-state index contributed by atoms with van der Waals surface area (Å²) in [6, 6.07) is 5.04. The zero-order chi connectivity index (χ0) is 14.5. The van der Waals surface area contributed by atoms with Crippen LogP contribution in [0.25, 0.3) is 5.70 Å². The van der Waals surface area contributed by atoms with Gasteiger partial charge in [-0.1, -0.05) is 29.3 Å². The molecule has 0 aliphatic carbocycles. The second-order valence-electron chi connectivity index (χ2n) is 3.67. The molecule has 0 aromatic heterocycles. The summed E-state index contributed by atoms with van der Waals surface area (Å²) in [5, 5.41) is 0.843. The number of hydroxylamine groups is 1. The number of halogens is 2. The van der Waals surface area contributed by atoms with E-state index in [1.807, 2.05) is 0 Å². The van der Waals surface area contributed by atoms with Crippen LogP contribution in [0.5, 0.6) is 0 Å². The summed E-state index contributed by atoms with van der Waals surface area (Å²) in [6.45, 7) is 0.130. The summed E-state index contributed by atoms with van der Waals surface area (Å²) < 4.78 is 24.3. The molecule has 0 saturated heterocycles. The minimum atomic E-state index is -3.24. The fraction of sp³-hybridized carbons (Fsp3) is 0.273. The molecule has 1 aromatic rings. The average Bonchev–Trinajstić information content (AvgIpc) is 2.30. The molecule has 0 unspecified atom stereocenters. The number of sulfonamides is 1. The SMILES string of the molecule is CON/C(=C\CNS(C)(=O)=O)c1ccc(Cl)c(Cl)c1. The molecular weight excluding hydrogens is 311 g/mol. The molecule has 2 N–H and O–H groups in total. The van der Waals surface area contributed by atoms with E-state index in [1.54, 1.807) is 24.3 Å². The van der Waals surface area contributed by atoms with Gasteiger partial charge in [-0.15, -0.1) is 0 Å². The molecule has 0 aliphatic heterocycles. The molecule has 19 heavy (non-hydrogen) atoms. The summed E-state index contributed by atoms with van der Waals surface area (Å²) >= 11 is 11.8. The number of rotatable bonds is 6. The Hall–Kier alpha value is -0.790. The van der Waals surface area contributed by atoms with Crippen molar-refractivity contribution in [3.8, 4) is 0 Å². The van der Waals surface area contributed by atoms with Gasteiger partial charge in [-0.3, -0.25) is 10.3 Å². The van der Waals surface area contributed by atoms with E-state index < -0.39 is 10.0 Å². The highest BCUT2D eigenvalue weighted by Crippen LogP contribution is 2.25. The van der Waals surface area contributed by atoms with Crippen LogP contribution in [0.2, 0.25) is 10.0 Å². The van der Waals surface area contributed by atoms with Gasteiger partial charge >= 0.3 is 0 Å². The van der Waals surface area contributed by atoms with E-state index in [9.17, 15) is 8.42 Å². The Kier molecular flexibility index (Phi) is 6.09. The zero-order valence-electron chi connectivity index (χ0n) is 10.4. The molecular formula is C11H14Cl2N2O3S. The topological polar surface area (TPSA) is 67.4 Å². The molecule has 1 rings (SSSR count). The van der Waals surface area contributed by atoms with Gasteiger partial charge in [0.1, 0.15) is 0 Å². The lowest BCUT2D eigenvalue weighted by molar-refractivity contribution is 0.136. The lowest BCUT2D eigenvalue weighted by Gasteiger charge is -2.10. The fourth-order valence-corrected chi connectivity index (χ4v) is 1.97. The minimum absolute atomic E-state index is 0.130. The second kappa shape index (κ2) is 7.12. The van der Waals surface area contributed by atoms with Crippen LogP contribution >= 0.6 is 23.2 Å². The van der Waals surface area contributed by atoms with Crippen molar-refractivity contribution in [2.24, 2.45) is 0 Å². The number of benzene rings is 1. The predicted octanol–water partition coefficient (Wildman–Crippen LogP) is 2.03. The molecule has 0 heterocycles. The van der Waals surface area contributed by atoms with Gasteiger partial charge < -0.3 is 0 Å². The highest BCUT2D eigenvalue weighted by atomic mass is 35.5. The van der Waals surface area contributed by atoms with Gasteiger partial charge in [0, 0.05) is 12.1 Å². The van der Waals surface area contributed by atoms with Crippen molar-refractivity contribution in [2.45, 2.75) is 0 Å². The highest BCUT2D eigenvalue weighted by molar-refractivity contribution is 7.88. The quantitative estimate of drug-likeness (QED) is 0.786. The third-order valence-electron chi connectivity index (χ3n) is 2.09. The summed E-state index contributed by atoms with van der Waals surface area (Å²) in [7, 11) is -1.79. The van der Waals surface area contributed by atoms with Crippen LogP contribution in [0, 0.1) is 0 Å². The van der Waals surface area contributed by atoms with Crippen LogP contribution in [0.4, 0.5) is 0 Å². The van der Waals surface area contributed by atoms with Crippen LogP contribution in [0.1, 0.15) is 5.56 Å². The van der Waals surface area contributed by atoms with Gasteiger partial charge in [0.15, 0.2) is 0 Å². The minimum Gasteiger partial charge on any atom is -0.279 e. The largest absolute Gasteiger partial charge is 0.279 e. The molecule has 0 aliphatic rings. The molecule has 0 spiro atoms.